The van der Waals surface area contributed by atoms with Gasteiger partial charge in [0.2, 0.25) is 0 Å². The smallest absolute Gasteiger partial charge is 0.158 e. The van der Waals surface area contributed by atoms with E-state index in [0.29, 0.717) is 37.8 Å². The fourth-order valence-electron chi connectivity index (χ4n) is 1.51. The van der Waals surface area contributed by atoms with Crippen molar-refractivity contribution in [3.8, 4) is 0 Å². The molecule has 7 nitrogen and oxygen atoms in total. The van der Waals surface area contributed by atoms with Gasteiger partial charge in [-0.3, -0.25) is 0 Å². The average molecular weight is 269 g/mol. The van der Waals surface area contributed by atoms with Gasteiger partial charge in [0.05, 0.1) is 6.10 Å². The van der Waals surface area contributed by atoms with Crippen molar-refractivity contribution in [2.24, 2.45) is 5.84 Å². The van der Waals surface area contributed by atoms with Gasteiger partial charge in [0.25, 0.3) is 0 Å². The number of anilines is 2. The van der Waals surface area contributed by atoms with Crippen molar-refractivity contribution >= 4 is 11.6 Å². The van der Waals surface area contributed by atoms with Gasteiger partial charge < -0.3 is 20.2 Å². The van der Waals surface area contributed by atoms with Crippen LogP contribution in [-0.4, -0.2) is 41.4 Å². The Kier molecular flexibility index (Phi) is 6.48. The lowest BCUT2D eigenvalue weighted by Crippen LogP contribution is -2.24. The van der Waals surface area contributed by atoms with Gasteiger partial charge in [-0.25, -0.2) is 15.8 Å². The first-order valence-corrected chi connectivity index (χ1v) is 6.38. The standard InChI is InChI=1S/C12H23N5O2/c1-4-19-8-11-14-10(16-13)7-12(15-11)17(3)6-5-9(2)18/h7,9,18H,4-6,8,13H2,1-3H3,(H,14,15,16). The number of aliphatic hydroxyl groups is 1. The highest BCUT2D eigenvalue weighted by Crippen LogP contribution is 2.15. The number of ether oxygens (including phenoxy) is 1. The Bertz CT molecular complexity index is 386. The number of nitrogen functional groups attached to an aromatic ring is 1. The number of hydrogen-bond acceptors (Lipinski definition) is 7. The Morgan fingerprint density at radius 2 is 2.26 bits per heavy atom. The van der Waals surface area contributed by atoms with E-state index in [0.717, 1.165) is 5.82 Å². The van der Waals surface area contributed by atoms with Crippen molar-refractivity contribution in [2.45, 2.75) is 33.0 Å². The van der Waals surface area contributed by atoms with Crippen LogP contribution in [0.15, 0.2) is 6.07 Å². The van der Waals surface area contributed by atoms with Crippen molar-refractivity contribution in [2.75, 3.05) is 30.5 Å². The van der Waals surface area contributed by atoms with Gasteiger partial charge in [-0.05, 0) is 20.3 Å². The molecule has 1 atom stereocenters. The van der Waals surface area contributed by atoms with Crippen molar-refractivity contribution in [3.05, 3.63) is 11.9 Å². The van der Waals surface area contributed by atoms with Crippen LogP contribution in [0.2, 0.25) is 0 Å². The van der Waals surface area contributed by atoms with Gasteiger partial charge in [-0.2, -0.15) is 0 Å². The van der Waals surface area contributed by atoms with Crippen molar-refractivity contribution < 1.29 is 9.84 Å². The van der Waals surface area contributed by atoms with Crippen LogP contribution in [0.3, 0.4) is 0 Å². The lowest BCUT2D eigenvalue weighted by Gasteiger charge is -2.20. The SMILES string of the molecule is CCOCc1nc(NN)cc(N(C)CCC(C)O)n1. The molecule has 0 fully saturated rings. The summed E-state index contributed by atoms with van der Waals surface area (Å²) in [7, 11) is 1.91. The molecule has 0 aromatic carbocycles. The lowest BCUT2D eigenvalue weighted by atomic mass is 10.3. The van der Waals surface area contributed by atoms with Gasteiger partial charge in [-0.1, -0.05) is 0 Å². The molecule has 4 N–H and O–H groups in total. The van der Waals surface area contributed by atoms with E-state index in [2.05, 4.69) is 15.4 Å². The average Bonchev–Trinajstić information content (AvgIpc) is 2.41. The number of nitrogens with one attached hydrogen (secondary N) is 1. The van der Waals surface area contributed by atoms with Gasteiger partial charge >= 0.3 is 0 Å². The zero-order valence-corrected chi connectivity index (χ0v) is 11.8. The molecule has 7 heteroatoms. The Labute approximate surface area is 113 Å². The third-order valence-electron chi connectivity index (χ3n) is 2.62. The Hall–Kier alpha value is -1.44. The number of rotatable bonds is 8. The summed E-state index contributed by atoms with van der Waals surface area (Å²) in [5.74, 6) is 7.27. The minimum atomic E-state index is -0.334. The van der Waals surface area contributed by atoms with Crippen LogP contribution in [0.25, 0.3) is 0 Å². The van der Waals surface area contributed by atoms with E-state index < -0.39 is 0 Å². The molecule has 0 spiro atoms. The topological polar surface area (TPSA) is 96.5 Å². The quantitative estimate of drug-likeness (QED) is 0.467. The molecule has 0 saturated carbocycles. The molecule has 1 aromatic heterocycles. The third kappa shape index (κ3) is 5.37. The molecule has 0 amide bonds. The van der Waals surface area contributed by atoms with Crippen LogP contribution >= 0.6 is 0 Å². The summed E-state index contributed by atoms with van der Waals surface area (Å²) in [6.45, 7) is 5.34. The number of hydrogen-bond donors (Lipinski definition) is 3. The highest BCUT2D eigenvalue weighted by Gasteiger charge is 2.09. The van der Waals surface area contributed by atoms with Crippen molar-refractivity contribution in [1.82, 2.24) is 9.97 Å². The van der Waals surface area contributed by atoms with E-state index in [-0.39, 0.29) is 6.10 Å². The predicted octanol–water partition coefficient (Wildman–Crippen LogP) is 0.506. The van der Waals surface area contributed by atoms with E-state index in [1.807, 2.05) is 18.9 Å². The molecule has 0 saturated heterocycles. The van der Waals surface area contributed by atoms with Crippen LogP contribution in [0.4, 0.5) is 11.6 Å². The van der Waals surface area contributed by atoms with Crippen LogP contribution in [-0.2, 0) is 11.3 Å². The Morgan fingerprint density at radius 3 is 2.84 bits per heavy atom. The second-order valence-corrected chi connectivity index (χ2v) is 4.37. The first-order valence-electron chi connectivity index (χ1n) is 6.38. The molecule has 19 heavy (non-hydrogen) atoms. The molecular formula is C12H23N5O2. The molecule has 108 valence electrons. The minimum absolute atomic E-state index is 0.334. The predicted molar refractivity (Wildman–Crippen MR) is 74.7 cm³/mol. The number of hydrazine groups is 1. The molecule has 0 bridgehead atoms. The monoisotopic (exact) mass is 269 g/mol. The minimum Gasteiger partial charge on any atom is -0.393 e. The maximum absolute atomic E-state index is 9.31. The fraction of sp³-hybridized carbons (Fsp3) is 0.667. The van der Waals surface area contributed by atoms with Gasteiger partial charge in [-0.15, -0.1) is 0 Å². The number of nitrogens with zero attached hydrogens (tertiary/aromatic N) is 3. The summed E-state index contributed by atoms with van der Waals surface area (Å²) >= 11 is 0. The highest BCUT2D eigenvalue weighted by atomic mass is 16.5. The normalized spacial score (nSPS) is 12.3. The first kappa shape index (κ1) is 15.6. The molecule has 0 aliphatic rings. The van der Waals surface area contributed by atoms with Crippen molar-refractivity contribution in [3.63, 3.8) is 0 Å². The fourth-order valence-corrected chi connectivity index (χ4v) is 1.51. The van der Waals surface area contributed by atoms with Gasteiger partial charge in [0.15, 0.2) is 5.82 Å². The van der Waals surface area contributed by atoms with Crippen LogP contribution in [0, 0.1) is 0 Å². The molecule has 0 aliphatic heterocycles. The summed E-state index contributed by atoms with van der Waals surface area (Å²) in [4.78, 5) is 10.6. The molecule has 1 aromatic rings. The molecule has 1 unspecified atom stereocenters. The van der Waals surface area contributed by atoms with Gasteiger partial charge in [0.1, 0.15) is 18.2 Å². The maximum atomic E-state index is 9.31. The summed E-state index contributed by atoms with van der Waals surface area (Å²) < 4.78 is 5.30. The number of nitrogens with two attached hydrogens (primary N) is 1. The van der Waals surface area contributed by atoms with Crippen LogP contribution in [0.1, 0.15) is 26.1 Å². The molecule has 0 radical (unpaired) electrons. The van der Waals surface area contributed by atoms with E-state index in [1.165, 1.54) is 0 Å². The molecular weight excluding hydrogens is 246 g/mol. The maximum Gasteiger partial charge on any atom is 0.158 e. The molecule has 0 aliphatic carbocycles. The molecule has 1 rings (SSSR count). The van der Waals surface area contributed by atoms with E-state index >= 15 is 0 Å². The third-order valence-corrected chi connectivity index (χ3v) is 2.62. The van der Waals surface area contributed by atoms with Gasteiger partial charge in [0, 0.05) is 26.3 Å². The molecule has 1 heterocycles. The van der Waals surface area contributed by atoms with Crippen LogP contribution < -0.4 is 16.2 Å². The summed E-state index contributed by atoms with van der Waals surface area (Å²) in [5, 5.41) is 9.31. The Morgan fingerprint density at radius 1 is 1.53 bits per heavy atom. The largest absolute Gasteiger partial charge is 0.393 e. The number of aliphatic hydroxyl groups excluding tert-OH is 1. The summed E-state index contributed by atoms with van der Waals surface area (Å²) in [6, 6.07) is 1.76. The summed E-state index contributed by atoms with van der Waals surface area (Å²) in [6.07, 6.45) is 0.339. The summed E-state index contributed by atoms with van der Waals surface area (Å²) in [5.41, 5.74) is 2.52. The Balaban J connectivity index is 2.79. The van der Waals surface area contributed by atoms with E-state index in [4.69, 9.17) is 10.6 Å². The zero-order chi connectivity index (χ0) is 14.3. The van der Waals surface area contributed by atoms with Crippen LogP contribution in [0.5, 0.6) is 0 Å². The second kappa shape index (κ2) is 7.88. The first-order chi connectivity index (χ1) is 9.06. The zero-order valence-electron chi connectivity index (χ0n) is 11.8. The second-order valence-electron chi connectivity index (χ2n) is 4.37. The van der Waals surface area contributed by atoms with E-state index in [1.54, 1.807) is 13.0 Å². The highest BCUT2D eigenvalue weighted by molar-refractivity contribution is 5.48. The lowest BCUT2D eigenvalue weighted by molar-refractivity contribution is 0.128. The number of aromatic nitrogens is 2. The van der Waals surface area contributed by atoms with Crippen molar-refractivity contribution in [1.29, 1.82) is 0 Å². The van der Waals surface area contributed by atoms with E-state index in [9.17, 15) is 5.11 Å².